The number of morpholine rings is 1. The monoisotopic (exact) mass is 543 g/mol. The molecule has 4 aliphatic heterocycles. The molecule has 7 heteroatoms. The van der Waals surface area contributed by atoms with Crippen LogP contribution in [0.5, 0.6) is 0 Å². The molecular formula is C33H41N3O4. The Morgan fingerprint density at radius 1 is 1.00 bits per heavy atom. The third-order valence-corrected chi connectivity index (χ3v) is 9.96. The molecule has 2 aromatic carbocycles. The van der Waals surface area contributed by atoms with Crippen LogP contribution in [0.25, 0.3) is 0 Å². The molecule has 4 heterocycles. The Labute approximate surface area is 237 Å². The van der Waals surface area contributed by atoms with Crippen LogP contribution in [0.4, 0.5) is 0 Å². The number of aliphatic imine (C=N–C) groups is 1. The lowest BCUT2D eigenvalue weighted by molar-refractivity contribution is -0.184. The van der Waals surface area contributed by atoms with Crippen LogP contribution < -0.4 is 0 Å². The van der Waals surface area contributed by atoms with Gasteiger partial charge >= 0.3 is 5.97 Å². The average molecular weight is 544 g/mol. The highest BCUT2D eigenvalue weighted by molar-refractivity contribution is 6.01. The van der Waals surface area contributed by atoms with Gasteiger partial charge in [-0.2, -0.15) is 0 Å². The van der Waals surface area contributed by atoms with E-state index in [0.29, 0.717) is 45.2 Å². The Bertz CT molecular complexity index is 1230. The fourth-order valence-corrected chi connectivity index (χ4v) is 8.49. The standard InChI is InChI=1S/C33H41N3O4/c1-2-39-31(37)29-27-23-35(22-25-13-7-4-8-14-25)30(26-15-9-10-16-26)32(27)34-28(21-24-11-5-3-6-12-24)33(29,40-32)36-17-19-38-20-18-36/h3-8,11-14,26-27,29-30H,2,9-10,15-23H2,1H3/t27-,29+,30-,32+,33?/m0/s1. The van der Waals surface area contributed by atoms with E-state index in [1.165, 1.54) is 36.8 Å². The molecule has 5 atom stereocenters. The summed E-state index contributed by atoms with van der Waals surface area (Å²) >= 11 is 0. The zero-order chi connectivity index (χ0) is 27.2. The van der Waals surface area contributed by atoms with Gasteiger partial charge in [-0.1, -0.05) is 73.5 Å². The zero-order valence-electron chi connectivity index (χ0n) is 23.5. The number of carbonyl (C=O) groups excluding carboxylic acids is 1. The predicted octanol–water partition coefficient (Wildman–Crippen LogP) is 4.31. The average Bonchev–Trinajstić information content (AvgIpc) is 3.74. The summed E-state index contributed by atoms with van der Waals surface area (Å²) in [6.07, 6.45) is 5.53. The normalized spacial score (nSPS) is 34.2. The topological polar surface area (TPSA) is 63.6 Å². The maximum atomic E-state index is 14.1. The van der Waals surface area contributed by atoms with E-state index >= 15 is 0 Å². The van der Waals surface area contributed by atoms with E-state index in [4.69, 9.17) is 19.2 Å². The minimum Gasteiger partial charge on any atom is -0.466 e. The quantitative estimate of drug-likeness (QED) is 0.463. The lowest BCUT2D eigenvalue weighted by Crippen LogP contribution is -2.64. The molecule has 2 bridgehead atoms. The van der Waals surface area contributed by atoms with Crippen LogP contribution >= 0.6 is 0 Å². The molecule has 3 saturated heterocycles. The van der Waals surface area contributed by atoms with Crippen LogP contribution in [0.3, 0.4) is 0 Å². The molecule has 1 spiro atoms. The Balaban J connectivity index is 1.36. The molecule has 0 aromatic heterocycles. The zero-order valence-corrected chi connectivity index (χ0v) is 23.5. The van der Waals surface area contributed by atoms with Crippen molar-refractivity contribution in [2.45, 2.75) is 63.1 Å². The summed E-state index contributed by atoms with van der Waals surface area (Å²) in [5.74, 6) is -0.125. The Hall–Kier alpha value is -2.58. The lowest BCUT2D eigenvalue weighted by atomic mass is 9.73. The highest BCUT2D eigenvalue weighted by Gasteiger charge is 2.79. The lowest BCUT2D eigenvalue weighted by Gasteiger charge is -2.45. The van der Waals surface area contributed by atoms with Crippen LogP contribution in [0.2, 0.25) is 0 Å². The number of fused-ring (bicyclic) bond motifs is 1. The summed E-state index contributed by atoms with van der Waals surface area (Å²) in [5, 5.41) is 0. The predicted molar refractivity (Wildman–Crippen MR) is 153 cm³/mol. The number of esters is 1. The van der Waals surface area contributed by atoms with Gasteiger partial charge in [0.15, 0.2) is 11.4 Å². The van der Waals surface area contributed by atoms with E-state index in [0.717, 1.165) is 18.8 Å². The summed E-state index contributed by atoms with van der Waals surface area (Å²) in [4.78, 5) is 24.7. The third kappa shape index (κ3) is 4.16. The van der Waals surface area contributed by atoms with Crippen LogP contribution in [0.15, 0.2) is 65.7 Å². The Kier molecular flexibility index (Phi) is 7.03. The van der Waals surface area contributed by atoms with Gasteiger partial charge in [-0.3, -0.25) is 19.6 Å². The first-order chi connectivity index (χ1) is 19.7. The first kappa shape index (κ1) is 26.3. The number of carbonyl (C=O) groups is 1. The highest BCUT2D eigenvalue weighted by Crippen LogP contribution is 2.63. The van der Waals surface area contributed by atoms with E-state index in [-0.39, 0.29) is 17.9 Å². The number of hydrogen-bond donors (Lipinski definition) is 0. The molecular weight excluding hydrogens is 502 g/mol. The van der Waals surface area contributed by atoms with Crippen molar-refractivity contribution in [3.05, 3.63) is 71.8 Å². The van der Waals surface area contributed by atoms with Crippen molar-refractivity contribution in [1.29, 1.82) is 0 Å². The number of benzene rings is 2. The molecule has 1 aliphatic carbocycles. The second-order valence-electron chi connectivity index (χ2n) is 12.1. The SMILES string of the molecule is CCOC(=O)[C@H]1[C@@H]2CN(Cc3ccccc3)[C@@H](C3CCCC3)[C@@]23N=C(Cc2ccccc2)C1(N1CCOCC1)O3. The summed E-state index contributed by atoms with van der Waals surface area (Å²) in [6, 6.07) is 21.4. The molecule has 4 fully saturated rings. The number of likely N-dealkylation sites (tertiary alicyclic amines) is 1. The van der Waals surface area contributed by atoms with Gasteiger partial charge < -0.3 is 14.2 Å². The van der Waals surface area contributed by atoms with Crippen molar-refractivity contribution in [2.24, 2.45) is 22.7 Å². The van der Waals surface area contributed by atoms with Gasteiger partial charge in [0.1, 0.15) is 5.92 Å². The number of ether oxygens (including phenoxy) is 3. The molecule has 40 heavy (non-hydrogen) atoms. The minimum absolute atomic E-state index is 0.0526. The van der Waals surface area contributed by atoms with Gasteiger partial charge in [-0.15, -0.1) is 0 Å². The Morgan fingerprint density at radius 3 is 2.35 bits per heavy atom. The first-order valence-corrected chi connectivity index (χ1v) is 15.3. The number of hydrogen-bond acceptors (Lipinski definition) is 7. The van der Waals surface area contributed by atoms with E-state index in [1.807, 2.05) is 13.0 Å². The smallest absolute Gasteiger partial charge is 0.314 e. The number of rotatable bonds is 8. The summed E-state index contributed by atoms with van der Waals surface area (Å²) in [7, 11) is 0. The maximum Gasteiger partial charge on any atom is 0.314 e. The molecule has 0 radical (unpaired) electrons. The van der Waals surface area contributed by atoms with Gasteiger partial charge in [0.25, 0.3) is 0 Å². The summed E-state index contributed by atoms with van der Waals surface area (Å²) in [5.41, 5.74) is 1.83. The fourth-order valence-electron chi connectivity index (χ4n) is 8.49. The highest BCUT2D eigenvalue weighted by atomic mass is 16.6. The van der Waals surface area contributed by atoms with E-state index < -0.39 is 17.4 Å². The van der Waals surface area contributed by atoms with Gasteiger partial charge in [0, 0.05) is 38.5 Å². The second-order valence-corrected chi connectivity index (χ2v) is 12.1. The molecule has 5 aliphatic rings. The second kappa shape index (κ2) is 10.7. The van der Waals surface area contributed by atoms with E-state index in [1.54, 1.807) is 0 Å². The number of nitrogens with zero attached hydrogens (tertiary/aromatic N) is 3. The molecule has 212 valence electrons. The van der Waals surface area contributed by atoms with Gasteiger partial charge in [0.2, 0.25) is 0 Å². The molecule has 7 nitrogen and oxygen atoms in total. The fraction of sp³-hybridized carbons (Fsp3) is 0.576. The van der Waals surface area contributed by atoms with Crippen molar-refractivity contribution in [3.63, 3.8) is 0 Å². The molecule has 1 saturated carbocycles. The third-order valence-electron chi connectivity index (χ3n) is 9.96. The van der Waals surface area contributed by atoms with E-state index in [9.17, 15) is 4.79 Å². The van der Waals surface area contributed by atoms with Crippen molar-refractivity contribution in [3.8, 4) is 0 Å². The van der Waals surface area contributed by atoms with E-state index in [2.05, 4.69) is 64.4 Å². The van der Waals surface area contributed by atoms with Gasteiger partial charge in [0.05, 0.1) is 31.6 Å². The first-order valence-electron chi connectivity index (χ1n) is 15.3. The molecule has 2 aromatic rings. The summed E-state index contributed by atoms with van der Waals surface area (Å²) in [6.45, 7) is 6.58. The van der Waals surface area contributed by atoms with Gasteiger partial charge in [-0.05, 0) is 36.8 Å². The van der Waals surface area contributed by atoms with Crippen LogP contribution in [0.1, 0.15) is 43.7 Å². The van der Waals surface area contributed by atoms with Crippen molar-refractivity contribution in [1.82, 2.24) is 9.80 Å². The Morgan fingerprint density at radius 2 is 1.68 bits per heavy atom. The minimum atomic E-state index is -0.897. The molecule has 1 unspecified atom stereocenters. The van der Waals surface area contributed by atoms with Crippen molar-refractivity contribution >= 4 is 11.7 Å². The van der Waals surface area contributed by atoms with Crippen LogP contribution in [0, 0.1) is 17.8 Å². The summed E-state index contributed by atoms with van der Waals surface area (Å²) < 4.78 is 19.1. The largest absolute Gasteiger partial charge is 0.466 e. The molecule has 0 amide bonds. The van der Waals surface area contributed by atoms with Gasteiger partial charge in [-0.25, -0.2) is 0 Å². The maximum absolute atomic E-state index is 14.1. The van der Waals surface area contributed by atoms with Crippen molar-refractivity contribution in [2.75, 3.05) is 39.5 Å². The molecule has 7 rings (SSSR count). The van der Waals surface area contributed by atoms with Crippen LogP contribution in [-0.4, -0.2) is 78.4 Å². The molecule has 0 N–H and O–H groups in total. The van der Waals surface area contributed by atoms with Crippen molar-refractivity contribution < 1.29 is 19.0 Å². The van der Waals surface area contributed by atoms with Crippen LogP contribution in [-0.2, 0) is 32.0 Å².